The molecule has 2 aromatic carbocycles. The van der Waals surface area contributed by atoms with Crippen LogP contribution in [0.5, 0.6) is 0 Å². The van der Waals surface area contributed by atoms with Gasteiger partial charge in [-0.05, 0) is 60.2 Å². The minimum absolute atomic E-state index is 0.0955. The highest BCUT2D eigenvalue weighted by molar-refractivity contribution is 5.85. The van der Waals surface area contributed by atoms with Gasteiger partial charge in [0.05, 0.1) is 17.2 Å². The van der Waals surface area contributed by atoms with E-state index in [9.17, 15) is 13.9 Å². The van der Waals surface area contributed by atoms with Crippen molar-refractivity contribution in [2.24, 2.45) is 0 Å². The maximum Gasteiger partial charge on any atom is 0.123 e. The number of aromatic nitrogens is 1. The SMILES string of the molecule is Cc1cc(C#N)cc2[nH]c(CC(O)(CF)CC(C)(C)c3cccc(F)c3)cc12. The van der Waals surface area contributed by atoms with E-state index in [1.807, 2.05) is 26.8 Å². The van der Waals surface area contributed by atoms with Crippen molar-refractivity contribution in [1.82, 2.24) is 4.98 Å². The van der Waals surface area contributed by atoms with Crippen LogP contribution in [0, 0.1) is 24.1 Å². The van der Waals surface area contributed by atoms with Gasteiger partial charge in [-0.3, -0.25) is 0 Å². The predicted octanol–water partition coefficient (Wildman–Crippen LogP) is 5.10. The lowest BCUT2D eigenvalue weighted by Gasteiger charge is -2.35. The van der Waals surface area contributed by atoms with E-state index < -0.39 is 17.7 Å². The van der Waals surface area contributed by atoms with Gasteiger partial charge in [-0.15, -0.1) is 0 Å². The fraction of sp³-hybridized carbons (Fsp3) is 0.348. The van der Waals surface area contributed by atoms with Gasteiger partial charge in [-0.1, -0.05) is 26.0 Å². The number of hydrogen-bond donors (Lipinski definition) is 2. The molecule has 3 aromatic rings. The van der Waals surface area contributed by atoms with Gasteiger partial charge >= 0.3 is 0 Å². The van der Waals surface area contributed by atoms with E-state index in [1.165, 1.54) is 12.1 Å². The predicted molar refractivity (Wildman–Crippen MR) is 106 cm³/mol. The number of nitrogens with zero attached hydrogens (tertiary/aromatic N) is 1. The molecule has 0 radical (unpaired) electrons. The molecule has 0 amide bonds. The first-order valence-electron chi connectivity index (χ1n) is 9.22. The van der Waals surface area contributed by atoms with E-state index in [2.05, 4.69) is 11.1 Å². The van der Waals surface area contributed by atoms with E-state index in [0.717, 1.165) is 16.5 Å². The number of aliphatic hydroxyl groups is 1. The van der Waals surface area contributed by atoms with Crippen LogP contribution < -0.4 is 0 Å². The van der Waals surface area contributed by atoms with Crippen LogP contribution in [0.1, 0.15) is 42.7 Å². The maximum atomic E-state index is 13.9. The highest BCUT2D eigenvalue weighted by atomic mass is 19.1. The van der Waals surface area contributed by atoms with Crippen LogP contribution in [0.4, 0.5) is 8.78 Å². The van der Waals surface area contributed by atoms with Crippen molar-refractivity contribution in [3.8, 4) is 6.07 Å². The number of fused-ring (bicyclic) bond motifs is 1. The zero-order valence-electron chi connectivity index (χ0n) is 16.3. The third kappa shape index (κ3) is 4.07. The monoisotopic (exact) mass is 382 g/mol. The largest absolute Gasteiger partial charge is 0.387 e. The zero-order chi connectivity index (χ0) is 20.5. The number of nitrogens with one attached hydrogen (secondary N) is 1. The fourth-order valence-electron chi connectivity index (χ4n) is 3.98. The van der Waals surface area contributed by atoms with Crippen molar-refractivity contribution in [3.05, 3.63) is 70.7 Å². The number of H-pyrrole nitrogens is 1. The van der Waals surface area contributed by atoms with E-state index in [-0.39, 0.29) is 18.7 Å². The van der Waals surface area contributed by atoms with Gasteiger partial charge in [0.1, 0.15) is 12.5 Å². The van der Waals surface area contributed by atoms with Gasteiger partial charge < -0.3 is 10.1 Å². The Morgan fingerprint density at radius 2 is 1.93 bits per heavy atom. The average molecular weight is 382 g/mol. The number of aryl methyl sites for hydroxylation is 1. The summed E-state index contributed by atoms with van der Waals surface area (Å²) in [6.07, 6.45) is 0.232. The van der Waals surface area contributed by atoms with Crippen molar-refractivity contribution in [2.45, 2.75) is 44.6 Å². The van der Waals surface area contributed by atoms with Crippen LogP contribution in [-0.4, -0.2) is 22.4 Å². The highest BCUT2D eigenvalue weighted by Crippen LogP contribution is 2.35. The number of alkyl halides is 1. The molecule has 1 atom stereocenters. The van der Waals surface area contributed by atoms with Crippen molar-refractivity contribution >= 4 is 10.9 Å². The van der Waals surface area contributed by atoms with Gasteiger partial charge in [0.25, 0.3) is 0 Å². The normalized spacial score (nSPS) is 14.0. The summed E-state index contributed by atoms with van der Waals surface area (Å²) in [6, 6.07) is 13.8. The molecule has 5 heteroatoms. The minimum Gasteiger partial charge on any atom is -0.387 e. The van der Waals surface area contributed by atoms with Crippen LogP contribution in [0.15, 0.2) is 42.5 Å². The van der Waals surface area contributed by atoms with Gasteiger partial charge in [0, 0.05) is 23.0 Å². The number of rotatable bonds is 6. The summed E-state index contributed by atoms with van der Waals surface area (Å²) in [7, 11) is 0. The Balaban J connectivity index is 1.89. The van der Waals surface area contributed by atoms with Crippen molar-refractivity contribution in [1.29, 1.82) is 5.26 Å². The molecule has 0 fully saturated rings. The van der Waals surface area contributed by atoms with E-state index in [1.54, 1.807) is 24.3 Å². The molecule has 2 N–H and O–H groups in total. The molecule has 0 spiro atoms. The first-order valence-corrected chi connectivity index (χ1v) is 9.22. The molecule has 146 valence electrons. The first kappa shape index (κ1) is 20.0. The Morgan fingerprint density at radius 1 is 1.18 bits per heavy atom. The molecular weight excluding hydrogens is 358 g/mol. The molecule has 1 aromatic heterocycles. The molecule has 0 bridgehead atoms. The Morgan fingerprint density at radius 3 is 2.57 bits per heavy atom. The number of benzene rings is 2. The molecule has 0 saturated carbocycles. The minimum atomic E-state index is -1.59. The van der Waals surface area contributed by atoms with Crippen LogP contribution >= 0.6 is 0 Å². The third-order valence-electron chi connectivity index (χ3n) is 5.28. The summed E-state index contributed by atoms with van der Waals surface area (Å²) in [5, 5.41) is 21.1. The van der Waals surface area contributed by atoms with Crippen molar-refractivity contribution in [3.63, 3.8) is 0 Å². The van der Waals surface area contributed by atoms with Crippen LogP contribution in [0.3, 0.4) is 0 Å². The van der Waals surface area contributed by atoms with Crippen molar-refractivity contribution < 1.29 is 13.9 Å². The first-order chi connectivity index (χ1) is 13.2. The van der Waals surface area contributed by atoms with Crippen LogP contribution in [0.2, 0.25) is 0 Å². The molecule has 0 aliphatic heterocycles. The molecule has 28 heavy (non-hydrogen) atoms. The Bertz CT molecular complexity index is 1050. The smallest absolute Gasteiger partial charge is 0.123 e. The lowest BCUT2D eigenvalue weighted by molar-refractivity contribution is -0.00926. The van der Waals surface area contributed by atoms with Crippen molar-refractivity contribution in [2.75, 3.05) is 6.67 Å². The molecule has 0 aliphatic rings. The number of halogens is 2. The number of hydrogen-bond acceptors (Lipinski definition) is 2. The van der Waals surface area contributed by atoms with Gasteiger partial charge in [0.2, 0.25) is 0 Å². The molecule has 3 rings (SSSR count). The summed E-state index contributed by atoms with van der Waals surface area (Å²) >= 11 is 0. The van der Waals surface area contributed by atoms with Crippen LogP contribution in [-0.2, 0) is 11.8 Å². The van der Waals surface area contributed by atoms with Gasteiger partial charge in [-0.25, -0.2) is 8.78 Å². The zero-order valence-corrected chi connectivity index (χ0v) is 16.3. The molecule has 1 heterocycles. The third-order valence-corrected chi connectivity index (χ3v) is 5.28. The Labute approximate surface area is 163 Å². The molecule has 0 aliphatic carbocycles. The summed E-state index contributed by atoms with van der Waals surface area (Å²) in [6.45, 7) is 4.74. The summed E-state index contributed by atoms with van der Waals surface area (Å²) < 4.78 is 27.5. The number of nitriles is 1. The average Bonchev–Trinajstić information content (AvgIpc) is 3.03. The van der Waals surface area contributed by atoms with E-state index in [0.29, 0.717) is 16.8 Å². The molecule has 3 nitrogen and oxygen atoms in total. The Hall–Kier alpha value is -2.71. The van der Waals surface area contributed by atoms with Gasteiger partial charge in [-0.2, -0.15) is 5.26 Å². The summed E-state index contributed by atoms with van der Waals surface area (Å²) in [4.78, 5) is 3.20. The molecule has 0 saturated heterocycles. The quantitative estimate of drug-likeness (QED) is 0.623. The number of aromatic amines is 1. The topological polar surface area (TPSA) is 59.8 Å². The van der Waals surface area contributed by atoms with E-state index >= 15 is 0 Å². The summed E-state index contributed by atoms with van der Waals surface area (Å²) in [5.74, 6) is -0.353. The second-order valence-electron chi connectivity index (χ2n) is 8.27. The maximum absolute atomic E-state index is 13.9. The Kier molecular flexibility index (Phi) is 5.27. The second kappa shape index (κ2) is 7.37. The summed E-state index contributed by atoms with van der Waals surface area (Å²) in [5.41, 5.74) is 1.49. The lowest BCUT2D eigenvalue weighted by Crippen LogP contribution is -2.40. The standard InChI is InChI=1S/C23H24F2N2O/c1-15-7-16(12-26)8-21-20(15)10-19(27-21)11-23(28,14-24)13-22(2,3)17-5-4-6-18(25)9-17/h4-10,27-28H,11,13-14H2,1-3H3. The van der Waals surface area contributed by atoms with E-state index in [4.69, 9.17) is 5.26 Å². The second-order valence-corrected chi connectivity index (χ2v) is 8.27. The molecular formula is C23H24F2N2O. The van der Waals surface area contributed by atoms with Crippen LogP contribution in [0.25, 0.3) is 10.9 Å². The molecule has 1 unspecified atom stereocenters. The fourth-order valence-corrected chi connectivity index (χ4v) is 3.98. The highest BCUT2D eigenvalue weighted by Gasteiger charge is 2.36. The van der Waals surface area contributed by atoms with Gasteiger partial charge in [0.15, 0.2) is 0 Å². The lowest BCUT2D eigenvalue weighted by atomic mass is 9.74.